The minimum Gasteiger partial charge on any atom is -0.383 e. The molecule has 0 aromatic heterocycles. The van der Waals surface area contributed by atoms with Crippen molar-refractivity contribution in [2.24, 2.45) is 10.7 Å². The molecule has 5 aromatic rings. The van der Waals surface area contributed by atoms with Gasteiger partial charge in [0.1, 0.15) is 5.84 Å². The molecule has 5 rings (SSSR count). The summed E-state index contributed by atoms with van der Waals surface area (Å²) < 4.78 is 0. The van der Waals surface area contributed by atoms with Crippen LogP contribution in [0.5, 0.6) is 0 Å². The monoisotopic (exact) mass is 450 g/mol. The Kier molecular flexibility index (Phi) is 5.90. The summed E-state index contributed by atoms with van der Waals surface area (Å²) in [6.07, 6.45) is 0. The van der Waals surface area contributed by atoms with Crippen LogP contribution in [-0.2, 0) is 0 Å². The zero-order valence-corrected chi connectivity index (χ0v) is 18.9. The van der Waals surface area contributed by atoms with Gasteiger partial charge in [-0.1, -0.05) is 91.0 Å². The van der Waals surface area contributed by atoms with E-state index in [1.54, 1.807) is 0 Å². The highest BCUT2D eigenvalue weighted by Gasteiger charge is 2.13. The minimum atomic E-state index is 0.114. The van der Waals surface area contributed by atoms with Crippen molar-refractivity contribution in [3.05, 3.63) is 132 Å². The number of nitrogens with two attached hydrogens (primary N) is 1. The molecule has 4 heteroatoms. The fourth-order valence-corrected chi connectivity index (χ4v) is 4.11. The highest BCUT2D eigenvalue weighted by atomic mass is 14.9. The van der Waals surface area contributed by atoms with Crippen LogP contribution >= 0.6 is 0 Å². The number of amidine groups is 2. The fraction of sp³-hybridized carbons (Fsp3) is 0. The number of aliphatic imine (C=N–C) groups is 1. The van der Waals surface area contributed by atoms with Crippen LogP contribution < -0.4 is 5.73 Å². The summed E-state index contributed by atoms with van der Waals surface area (Å²) in [5, 5.41) is 20.0. The van der Waals surface area contributed by atoms with E-state index in [-0.39, 0.29) is 5.84 Å². The normalized spacial score (nSPS) is 11.2. The first-order valence-corrected chi connectivity index (χ1v) is 11.2. The first kappa shape index (κ1) is 21.8. The van der Waals surface area contributed by atoms with Crippen molar-refractivity contribution in [2.75, 3.05) is 0 Å². The van der Waals surface area contributed by atoms with Gasteiger partial charge in [0.05, 0.1) is 11.6 Å². The third kappa shape index (κ3) is 4.57. The van der Waals surface area contributed by atoms with Gasteiger partial charge in [-0.15, -0.1) is 0 Å². The maximum atomic E-state index is 9.04. The Morgan fingerprint density at radius 1 is 0.686 bits per heavy atom. The van der Waals surface area contributed by atoms with E-state index in [0.717, 1.165) is 38.6 Å². The number of nitrogens with one attached hydrogen (secondary N) is 1. The molecule has 0 atom stereocenters. The summed E-state index contributed by atoms with van der Waals surface area (Å²) in [4.78, 5) is 4.44. The predicted octanol–water partition coefficient (Wildman–Crippen LogP) is 6.78. The van der Waals surface area contributed by atoms with Crippen molar-refractivity contribution in [1.29, 1.82) is 10.7 Å². The summed E-state index contributed by atoms with van der Waals surface area (Å²) in [6.45, 7) is 0. The summed E-state index contributed by atoms with van der Waals surface area (Å²) in [5.41, 5.74) is 12.4. The number of nitriles is 1. The second-order valence-corrected chi connectivity index (χ2v) is 8.22. The SMILES string of the molecule is N#Cc1ccc(-c2ccc(-c3cc4ccccc4cc3C(=N)/N=C(\N)c3ccccc3)cc2)cc1. The highest BCUT2D eigenvalue weighted by Crippen LogP contribution is 2.31. The number of fused-ring (bicyclic) bond motifs is 1. The highest BCUT2D eigenvalue weighted by molar-refractivity contribution is 6.13. The summed E-state index contributed by atoms with van der Waals surface area (Å²) in [6, 6.07) is 39.6. The molecule has 0 heterocycles. The van der Waals surface area contributed by atoms with Gasteiger partial charge in [-0.25, -0.2) is 4.99 Å². The molecule has 0 aliphatic rings. The van der Waals surface area contributed by atoms with E-state index in [9.17, 15) is 0 Å². The quantitative estimate of drug-likeness (QED) is 0.234. The first-order chi connectivity index (χ1) is 17.1. The standard InChI is InChI=1S/C31H22N4/c32-20-21-10-12-22(13-11-21)23-14-16-24(17-15-23)28-18-26-8-4-5-9-27(26)19-29(28)31(34)35-30(33)25-6-2-1-3-7-25/h1-19H,(H3,33,34,35). The molecular formula is C31H22N4. The minimum absolute atomic E-state index is 0.114. The van der Waals surface area contributed by atoms with Crippen LogP contribution in [-0.4, -0.2) is 11.7 Å². The molecule has 0 saturated carbocycles. The molecule has 0 unspecified atom stereocenters. The number of rotatable bonds is 4. The Balaban J connectivity index is 1.57. The lowest BCUT2D eigenvalue weighted by Gasteiger charge is -2.13. The molecule has 166 valence electrons. The molecule has 35 heavy (non-hydrogen) atoms. The van der Waals surface area contributed by atoms with Crippen LogP contribution in [0.2, 0.25) is 0 Å². The van der Waals surface area contributed by atoms with Gasteiger partial charge in [-0.3, -0.25) is 5.41 Å². The van der Waals surface area contributed by atoms with E-state index in [1.165, 1.54) is 0 Å². The smallest absolute Gasteiger partial charge is 0.154 e. The van der Waals surface area contributed by atoms with E-state index in [2.05, 4.69) is 47.5 Å². The van der Waals surface area contributed by atoms with E-state index in [0.29, 0.717) is 17.0 Å². The second kappa shape index (κ2) is 9.46. The molecule has 0 fully saturated rings. The Labute approximate surface area is 204 Å². The molecule has 0 saturated heterocycles. The van der Waals surface area contributed by atoms with Crippen LogP contribution in [0, 0.1) is 16.7 Å². The molecular weight excluding hydrogens is 428 g/mol. The van der Waals surface area contributed by atoms with Crippen molar-refractivity contribution in [2.45, 2.75) is 0 Å². The summed E-state index contributed by atoms with van der Waals surface area (Å²) in [5.74, 6) is 0.425. The maximum absolute atomic E-state index is 9.04. The molecule has 0 aliphatic heterocycles. The van der Waals surface area contributed by atoms with Gasteiger partial charge in [0, 0.05) is 11.1 Å². The molecule has 0 aliphatic carbocycles. The predicted molar refractivity (Wildman–Crippen MR) is 144 cm³/mol. The lowest BCUT2D eigenvalue weighted by atomic mass is 9.93. The van der Waals surface area contributed by atoms with Crippen LogP contribution in [0.3, 0.4) is 0 Å². The van der Waals surface area contributed by atoms with Gasteiger partial charge in [-0.05, 0) is 57.3 Å². The Bertz CT molecular complexity index is 1590. The van der Waals surface area contributed by atoms with E-state index >= 15 is 0 Å². The molecule has 5 aromatic carbocycles. The topological polar surface area (TPSA) is 86.0 Å². The Morgan fingerprint density at radius 3 is 1.86 bits per heavy atom. The average molecular weight is 451 g/mol. The zero-order valence-electron chi connectivity index (χ0n) is 18.9. The lowest BCUT2D eigenvalue weighted by molar-refractivity contribution is 1.40. The largest absolute Gasteiger partial charge is 0.383 e. The number of hydrogen-bond donors (Lipinski definition) is 2. The summed E-state index contributed by atoms with van der Waals surface area (Å²) >= 11 is 0. The van der Waals surface area contributed by atoms with E-state index in [4.69, 9.17) is 16.4 Å². The van der Waals surface area contributed by atoms with Gasteiger partial charge >= 0.3 is 0 Å². The van der Waals surface area contributed by atoms with E-state index in [1.807, 2.05) is 78.9 Å². The zero-order chi connectivity index (χ0) is 24.2. The van der Waals surface area contributed by atoms with Gasteiger partial charge < -0.3 is 5.73 Å². The Hall–Kier alpha value is -5.01. The van der Waals surface area contributed by atoms with Crippen molar-refractivity contribution >= 4 is 22.4 Å². The van der Waals surface area contributed by atoms with Crippen LogP contribution in [0.4, 0.5) is 0 Å². The molecule has 0 spiro atoms. The first-order valence-electron chi connectivity index (χ1n) is 11.2. The molecule has 0 radical (unpaired) electrons. The molecule has 3 N–H and O–H groups in total. The Morgan fingerprint density at radius 2 is 1.23 bits per heavy atom. The average Bonchev–Trinajstić information content (AvgIpc) is 2.93. The molecule has 4 nitrogen and oxygen atoms in total. The maximum Gasteiger partial charge on any atom is 0.154 e. The number of benzene rings is 5. The van der Waals surface area contributed by atoms with Crippen LogP contribution in [0.1, 0.15) is 16.7 Å². The third-order valence-corrected chi connectivity index (χ3v) is 5.99. The fourth-order valence-electron chi connectivity index (χ4n) is 4.11. The third-order valence-electron chi connectivity index (χ3n) is 5.99. The summed E-state index contributed by atoms with van der Waals surface area (Å²) in [7, 11) is 0. The van der Waals surface area contributed by atoms with Gasteiger partial charge in [-0.2, -0.15) is 5.26 Å². The van der Waals surface area contributed by atoms with Gasteiger partial charge in [0.15, 0.2) is 5.84 Å². The van der Waals surface area contributed by atoms with Gasteiger partial charge in [0.25, 0.3) is 0 Å². The van der Waals surface area contributed by atoms with Crippen LogP contribution in [0.15, 0.2) is 120 Å². The van der Waals surface area contributed by atoms with E-state index < -0.39 is 0 Å². The van der Waals surface area contributed by atoms with Crippen LogP contribution in [0.25, 0.3) is 33.0 Å². The van der Waals surface area contributed by atoms with Crippen molar-refractivity contribution in [3.8, 4) is 28.3 Å². The number of hydrogen-bond acceptors (Lipinski definition) is 2. The van der Waals surface area contributed by atoms with Gasteiger partial charge in [0.2, 0.25) is 0 Å². The van der Waals surface area contributed by atoms with Crippen molar-refractivity contribution in [3.63, 3.8) is 0 Å². The molecule has 0 bridgehead atoms. The number of nitrogens with zero attached hydrogens (tertiary/aromatic N) is 2. The van der Waals surface area contributed by atoms with Crippen molar-refractivity contribution < 1.29 is 0 Å². The second-order valence-electron chi connectivity index (χ2n) is 8.22. The van der Waals surface area contributed by atoms with Crippen molar-refractivity contribution in [1.82, 2.24) is 0 Å². The lowest BCUT2D eigenvalue weighted by Crippen LogP contribution is -2.16. The molecule has 0 amide bonds.